The average Bonchev–Trinajstić information content (AvgIpc) is 2.10. The largest absolute Gasteiger partial charge is 0.312 e. The number of rotatable bonds is 3. The van der Waals surface area contributed by atoms with Crippen molar-refractivity contribution in [2.75, 3.05) is 0 Å². The average molecular weight is 224 g/mol. The summed E-state index contributed by atoms with van der Waals surface area (Å²) in [5.41, 5.74) is 1.39. The van der Waals surface area contributed by atoms with E-state index in [1.165, 1.54) is 18.4 Å². The molecule has 0 bridgehead atoms. The van der Waals surface area contributed by atoms with Crippen LogP contribution < -0.4 is 5.32 Å². The maximum Gasteiger partial charge on any atom is 0.0408 e. The summed E-state index contributed by atoms with van der Waals surface area (Å²) in [7, 11) is 0. The van der Waals surface area contributed by atoms with E-state index in [2.05, 4.69) is 31.3 Å². The minimum atomic E-state index is 0.593. The molecule has 1 saturated carbocycles. The van der Waals surface area contributed by atoms with Gasteiger partial charge in [0, 0.05) is 17.1 Å². The van der Waals surface area contributed by atoms with Gasteiger partial charge in [0.25, 0.3) is 0 Å². The molecule has 0 spiro atoms. The first-order chi connectivity index (χ1) is 7.15. The number of halogens is 1. The van der Waals surface area contributed by atoms with Crippen LogP contribution in [0.5, 0.6) is 0 Å². The molecule has 0 radical (unpaired) electrons. The highest BCUT2D eigenvalue weighted by molar-refractivity contribution is 6.30. The zero-order valence-electron chi connectivity index (χ0n) is 9.33. The molecule has 1 N–H and O–H groups in total. The number of hydrogen-bond donors (Lipinski definition) is 1. The minimum absolute atomic E-state index is 0.593. The van der Waals surface area contributed by atoms with E-state index in [0.29, 0.717) is 18.0 Å². The minimum Gasteiger partial charge on any atom is -0.312 e. The summed E-state index contributed by atoms with van der Waals surface area (Å²) in [5, 5.41) is 4.41. The monoisotopic (exact) mass is 223 g/mol. The molecular weight excluding hydrogens is 206 g/mol. The second kappa shape index (κ2) is 4.54. The molecule has 0 amide bonds. The summed E-state index contributed by atoms with van der Waals surface area (Å²) in [6.07, 6.45) is 2.50. The summed E-state index contributed by atoms with van der Waals surface area (Å²) in [6.45, 7) is 4.40. The van der Waals surface area contributed by atoms with Gasteiger partial charge in [-0.2, -0.15) is 0 Å². The van der Waals surface area contributed by atoms with Crippen molar-refractivity contribution < 1.29 is 0 Å². The Bertz CT molecular complexity index is 329. The van der Waals surface area contributed by atoms with Crippen LogP contribution in [0.25, 0.3) is 0 Å². The third kappa shape index (κ3) is 2.73. The second-order valence-corrected chi connectivity index (χ2v) is 5.18. The summed E-state index contributed by atoms with van der Waals surface area (Å²) < 4.78 is 0. The smallest absolute Gasteiger partial charge is 0.0408 e. The number of hydrogen-bond acceptors (Lipinski definition) is 1. The highest BCUT2D eigenvalue weighted by Gasteiger charge is 2.30. The molecule has 1 aliphatic carbocycles. The van der Waals surface area contributed by atoms with E-state index in [9.17, 15) is 0 Å². The molecule has 0 atom stereocenters. The van der Waals surface area contributed by atoms with Crippen molar-refractivity contribution in [3.63, 3.8) is 0 Å². The Kier molecular flexibility index (Phi) is 3.32. The maximum atomic E-state index is 5.98. The normalized spacial score (nSPS) is 25.3. The van der Waals surface area contributed by atoms with E-state index in [-0.39, 0.29) is 0 Å². The highest BCUT2D eigenvalue weighted by atomic mass is 35.5. The third-order valence-corrected chi connectivity index (χ3v) is 3.26. The Balaban J connectivity index is 1.89. The fourth-order valence-corrected chi connectivity index (χ4v) is 2.46. The van der Waals surface area contributed by atoms with Crippen molar-refractivity contribution in [2.24, 2.45) is 0 Å². The van der Waals surface area contributed by atoms with E-state index in [1.807, 2.05) is 12.1 Å². The lowest BCUT2D eigenvalue weighted by molar-refractivity contribution is 0.275. The van der Waals surface area contributed by atoms with Crippen LogP contribution in [0.2, 0.25) is 5.02 Å². The van der Waals surface area contributed by atoms with E-state index in [0.717, 1.165) is 5.02 Å². The third-order valence-electron chi connectivity index (χ3n) is 3.03. The molecule has 0 unspecified atom stereocenters. The zero-order chi connectivity index (χ0) is 10.8. The molecule has 15 heavy (non-hydrogen) atoms. The summed E-state index contributed by atoms with van der Waals surface area (Å²) in [4.78, 5) is 0. The Hall–Kier alpha value is -0.530. The molecule has 82 valence electrons. The van der Waals surface area contributed by atoms with Crippen molar-refractivity contribution in [1.82, 2.24) is 5.32 Å². The molecule has 0 heterocycles. The predicted octanol–water partition coefficient (Wildman–Crippen LogP) is 3.58. The van der Waals surface area contributed by atoms with Gasteiger partial charge in [-0.1, -0.05) is 37.6 Å². The number of nitrogens with one attached hydrogen (secondary N) is 1. The second-order valence-electron chi connectivity index (χ2n) is 4.74. The van der Waals surface area contributed by atoms with Crippen LogP contribution in [0.4, 0.5) is 0 Å². The molecule has 1 nitrogen and oxygen atoms in total. The van der Waals surface area contributed by atoms with Gasteiger partial charge in [-0.3, -0.25) is 0 Å². The van der Waals surface area contributed by atoms with Crippen LogP contribution in [0.15, 0.2) is 24.3 Å². The Morgan fingerprint density at radius 1 is 1.33 bits per heavy atom. The van der Waals surface area contributed by atoms with Crippen molar-refractivity contribution in [2.45, 2.75) is 44.7 Å². The Labute approximate surface area is 96.8 Å². The zero-order valence-corrected chi connectivity index (χ0v) is 10.1. The fraction of sp³-hybridized carbons (Fsp3) is 0.538. The SMILES string of the molecule is CC(C)NC1CC(c2cccc(Cl)c2)C1. The summed E-state index contributed by atoms with van der Waals surface area (Å²) in [6, 6.07) is 9.55. The van der Waals surface area contributed by atoms with E-state index in [1.54, 1.807) is 0 Å². The first-order valence-electron chi connectivity index (χ1n) is 5.66. The topological polar surface area (TPSA) is 12.0 Å². The molecular formula is C13H18ClN. The van der Waals surface area contributed by atoms with Crippen LogP contribution in [0, 0.1) is 0 Å². The van der Waals surface area contributed by atoms with Crippen LogP contribution in [-0.4, -0.2) is 12.1 Å². The molecule has 0 aliphatic heterocycles. The molecule has 1 aliphatic rings. The molecule has 1 aromatic rings. The van der Waals surface area contributed by atoms with Crippen LogP contribution in [-0.2, 0) is 0 Å². The first-order valence-corrected chi connectivity index (χ1v) is 6.04. The Morgan fingerprint density at radius 2 is 2.07 bits per heavy atom. The predicted molar refractivity (Wildman–Crippen MR) is 65.5 cm³/mol. The first kappa shape index (κ1) is 11.0. The van der Waals surface area contributed by atoms with E-state index >= 15 is 0 Å². The standard InChI is InChI=1S/C13H18ClN/c1-9(2)15-13-7-11(8-13)10-4-3-5-12(14)6-10/h3-6,9,11,13,15H,7-8H2,1-2H3. The highest BCUT2D eigenvalue weighted by Crippen LogP contribution is 2.37. The molecule has 2 rings (SSSR count). The molecule has 0 saturated heterocycles. The van der Waals surface area contributed by atoms with E-state index in [4.69, 9.17) is 11.6 Å². The van der Waals surface area contributed by atoms with Gasteiger partial charge in [0.2, 0.25) is 0 Å². The number of benzene rings is 1. The maximum absolute atomic E-state index is 5.98. The lowest BCUT2D eigenvalue weighted by Gasteiger charge is -2.37. The van der Waals surface area contributed by atoms with Gasteiger partial charge in [-0.15, -0.1) is 0 Å². The summed E-state index contributed by atoms with van der Waals surface area (Å²) in [5.74, 6) is 0.708. The lowest BCUT2D eigenvalue weighted by Crippen LogP contribution is -2.43. The Morgan fingerprint density at radius 3 is 2.67 bits per heavy atom. The fourth-order valence-electron chi connectivity index (χ4n) is 2.26. The van der Waals surface area contributed by atoms with Crippen LogP contribution >= 0.6 is 11.6 Å². The van der Waals surface area contributed by atoms with Crippen LogP contribution in [0.1, 0.15) is 38.2 Å². The van der Waals surface area contributed by atoms with Gasteiger partial charge in [0.15, 0.2) is 0 Å². The van der Waals surface area contributed by atoms with Crippen molar-refractivity contribution in [3.05, 3.63) is 34.9 Å². The van der Waals surface area contributed by atoms with Crippen molar-refractivity contribution in [3.8, 4) is 0 Å². The molecule has 1 fully saturated rings. The molecule has 2 heteroatoms. The van der Waals surface area contributed by atoms with Crippen molar-refractivity contribution in [1.29, 1.82) is 0 Å². The summed E-state index contributed by atoms with van der Waals surface area (Å²) >= 11 is 5.98. The molecule has 0 aromatic heterocycles. The van der Waals surface area contributed by atoms with Gasteiger partial charge in [-0.05, 0) is 36.5 Å². The van der Waals surface area contributed by atoms with Gasteiger partial charge >= 0.3 is 0 Å². The lowest BCUT2D eigenvalue weighted by atomic mass is 9.75. The van der Waals surface area contributed by atoms with Gasteiger partial charge < -0.3 is 5.32 Å². The van der Waals surface area contributed by atoms with Crippen molar-refractivity contribution >= 4 is 11.6 Å². The van der Waals surface area contributed by atoms with E-state index < -0.39 is 0 Å². The van der Waals surface area contributed by atoms with Gasteiger partial charge in [0.05, 0.1) is 0 Å². The van der Waals surface area contributed by atoms with Gasteiger partial charge in [0.1, 0.15) is 0 Å². The van der Waals surface area contributed by atoms with Crippen LogP contribution in [0.3, 0.4) is 0 Å². The quantitative estimate of drug-likeness (QED) is 0.826. The van der Waals surface area contributed by atoms with Gasteiger partial charge in [-0.25, -0.2) is 0 Å². The molecule has 1 aromatic carbocycles.